The van der Waals surface area contributed by atoms with E-state index in [-0.39, 0.29) is 0 Å². The van der Waals surface area contributed by atoms with Crippen LogP contribution in [0.1, 0.15) is 16.7 Å². The Balaban J connectivity index is 1.42. The van der Waals surface area contributed by atoms with Gasteiger partial charge in [-0.25, -0.2) is 0 Å². The molecule has 1 saturated heterocycles. The van der Waals surface area contributed by atoms with Crippen LogP contribution in [0.15, 0.2) is 54.6 Å². The van der Waals surface area contributed by atoms with Crippen molar-refractivity contribution in [2.24, 2.45) is 0 Å². The van der Waals surface area contributed by atoms with Crippen LogP contribution in [0.25, 0.3) is 0 Å². The number of morpholine rings is 1. The van der Waals surface area contributed by atoms with Crippen molar-refractivity contribution in [2.45, 2.75) is 20.1 Å². The number of nitrogens with zero attached hydrogens (tertiary/aromatic N) is 1. The number of anilines is 2. The number of rotatable bonds is 8. The lowest BCUT2D eigenvalue weighted by atomic mass is 10.1. The molecule has 5 nitrogen and oxygen atoms in total. The number of hydrogen-bond acceptors (Lipinski definition) is 5. The van der Waals surface area contributed by atoms with E-state index in [1.54, 1.807) is 7.11 Å². The van der Waals surface area contributed by atoms with Crippen molar-refractivity contribution in [1.29, 1.82) is 0 Å². The lowest BCUT2D eigenvalue weighted by molar-refractivity contribution is 0.122. The zero-order valence-electron chi connectivity index (χ0n) is 18.9. The Hall–Kier alpha value is -2.60. The van der Waals surface area contributed by atoms with Crippen molar-refractivity contribution in [3.8, 4) is 11.5 Å². The second-order valence-electron chi connectivity index (χ2n) is 7.94. The van der Waals surface area contributed by atoms with Gasteiger partial charge in [0.25, 0.3) is 0 Å². The summed E-state index contributed by atoms with van der Waals surface area (Å²) in [4.78, 5) is 2.25. The van der Waals surface area contributed by atoms with Crippen molar-refractivity contribution in [2.75, 3.05) is 43.6 Å². The normalized spacial score (nSPS) is 13.6. The van der Waals surface area contributed by atoms with Crippen LogP contribution in [0.3, 0.4) is 0 Å². The quantitative estimate of drug-likeness (QED) is 0.402. The van der Waals surface area contributed by atoms with Crippen molar-refractivity contribution < 1.29 is 14.2 Å². The fourth-order valence-corrected chi connectivity index (χ4v) is 4.41. The highest BCUT2D eigenvalue weighted by Crippen LogP contribution is 2.37. The van der Waals surface area contributed by atoms with Gasteiger partial charge in [0, 0.05) is 25.3 Å². The molecule has 1 heterocycles. The van der Waals surface area contributed by atoms with Crippen molar-refractivity contribution >= 4 is 34.6 Å². The van der Waals surface area contributed by atoms with Gasteiger partial charge in [-0.1, -0.05) is 47.5 Å². The molecule has 7 heteroatoms. The van der Waals surface area contributed by atoms with Gasteiger partial charge in [0.1, 0.15) is 6.61 Å². The Labute approximate surface area is 205 Å². The molecule has 0 atom stereocenters. The number of aryl methyl sites for hydroxylation is 1. The summed E-state index contributed by atoms with van der Waals surface area (Å²) in [6.45, 7) is 6.21. The summed E-state index contributed by atoms with van der Waals surface area (Å²) < 4.78 is 17.0. The Bertz CT molecular complexity index is 1100. The van der Waals surface area contributed by atoms with E-state index in [2.05, 4.69) is 23.2 Å². The molecule has 0 radical (unpaired) electrons. The molecule has 0 bridgehead atoms. The largest absolute Gasteiger partial charge is 0.493 e. The third-order valence-corrected chi connectivity index (χ3v) is 6.30. The van der Waals surface area contributed by atoms with Crippen LogP contribution in [0.2, 0.25) is 10.0 Å². The number of nitrogens with one attached hydrogen (secondary N) is 1. The number of ether oxygens (including phenoxy) is 3. The number of methoxy groups -OCH3 is 1. The Morgan fingerprint density at radius 3 is 2.52 bits per heavy atom. The van der Waals surface area contributed by atoms with Crippen LogP contribution < -0.4 is 19.7 Å². The zero-order valence-corrected chi connectivity index (χ0v) is 20.4. The molecule has 0 aromatic heterocycles. The summed E-state index contributed by atoms with van der Waals surface area (Å²) in [5.74, 6) is 1.15. The van der Waals surface area contributed by atoms with E-state index >= 15 is 0 Å². The molecule has 174 valence electrons. The van der Waals surface area contributed by atoms with Gasteiger partial charge in [-0.15, -0.1) is 0 Å². The first-order valence-corrected chi connectivity index (χ1v) is 11.7. The Morgan fingerprint density at radius 2 is 1.79 bits per heavy atom. The van der Waals surface area contributed by atoms with Crippen LogP contribution in [0.5, 0.6) is 11.5 Å². The van der Waals surface area contributed by atoms with Gasteiger partial charge in [0.2, 0.25) is 0 Å². The predicted octanol–water partition coefficient (Wildman–Crippen LogP) is 6.34. The predicted molar refractivity (Wildman–Crippen MR) is 135 cm³/mol. The SMILES string of the molecule is COc1cc(CNc2ccc(N3CCOCC3)c(Cl)c2)cc(Cl)c1OCc1ccccc1C. The van der Waals surface area contributed by atoms with Crippen molar-refractivity contribution in [3.63, 3.8) is 0 Å². The molecular weight excluding hydrogens is 459 g/mol. The van der Waals surface area contributed by atoms with Crippen LogP contribution in [0.4, 0.5) is 11.4 Å². The van der Waals surface area contributed by atoms with Gasteiger partial charge in [0.05, 0.1) is 36.1 Å². The molecule has 0 aliphatic carbocycles. The minimum Gasteiger partial charge on any atom is -0.493 e. The molecule has 3 aromatic carbocycles. The van der Waals surface area contributed by atoms with Crippen LogP contribution in [-0.4, -0.2) is 33.4 Å². The summed E-state index contributed by atoms with van der Waals surface area (Å²) in [6, 6.07) is 18.0. The lowest BCUT2D eigenvalue weighted by Gasteiger charge is -2.29. The summed E-state index contributed by atoms with van der Waals surface area (Å²) in [5.41, 5.74) is 5.23. The topological polar surface area (TPSA) is 43.0 Å². The van der Waals surface area contributed by atoms with Gasteiger partial charge in [0.15, 0.2) is 11.5 Å². The van der Waals surface area contributed by atoms with Crippen LogP contribution in [0, 0.1) is 6.92 Å². The molecule has 3 aromatic rings. The summed E-state index contributed by atoms with van der Waals surface area (Å²) in [7, 11) is 1.62. The maximum atomic E-state index is 6.56. The van der Waals surface area contributed by atoms with E-state index in [1.165, 1.54) is 5.56 Å². The van der Waals surface area contributed by atoms with E-state index < -0.39 is 0 Å². The molecule has 0 saturated carbocycles. The van der Waals surface area contributed by atoms with E-state index in [9.17, 15) is 0 Å². The molecule has 0 spiro atoms. The van der Waals surface area contributed by atoms with Gasteiger partial charge in [-0.3, -0.25) is 0 Å². The molecule has 1 N–H and O–H groups in total. The number of hydrogen-bond donors (Lipinski definition) is 1. The molecule has 33 heavy (non-hydrogen) atoms. The molecule has 4 rings (SSSR count). The minimum atomic E-state index is 0.425. The third kappa shape index (κ3) is 5.85. The van der Waals surface area contributed by atoms with Crippen LogP contribution in [-0.2, 0) is 17.9 Å². The molecule has 1 aliphatic heterocycles. The first kappa shape index (κ1) is 23.6. The second kappa shape index (κ2) is 11.0. The fraction of sp³-hybridized carbons (Fsp3) is 0.308. The molecule has 0 amide bonds. The molecular formula is C26H28Cl2N2O3. The number of benzene rings is 3. The molecule has 1 fully saturated rings. The summed E-state index contributed by atoms with van der Waals surface area (Å²) in [6.07, 6.45) is 0. The molecule has 1 aliphatic rings. The highest BCUT2D eigenvalue weighted by Gasteiger charge is 2.15. The van der Waals surface area contributed by atoms with E-state index in [1.807, 2.05) is 48.5 Å². The summed E-state index contributed by atoms with van der Waals surface area (Å²) in [5, 5.41) is 4.65. The first-order chi connectivity index (χ1) is 16.0. The monoisotopic (exact) mass is 486 g/mol. The van der Waals surface area contributed by atoms with Crippen LogP contribution >= 0.6 is 23.2 Å². The maximum absolute atomic E-state index is 6.56. The maximum Gasteiger partial charge on any atom is 0.180 e. The average Bonchev–Trinajstić information content (AvgIpc) is 2.83. The lowest BCUT2D eigenvalue weighted by Crippen LogP contribution is -2.36. The zero-order chi connectivity index (χ0) is 23.2. The fourth-order valence-electron chi connectivity index (χ4n) is 3.82. The van der Waals surface area contributed by atoms with Gasteiger partial charge >= 0.3 is 0 Å². The third-order valence-electron chi connectivity index (χ3n) is 5.72. The minimum absolute atomic E-state index is 0.425. The first-order valence-electron chi connectivity index (χ1n) is 10.9. The molecule has 0 unspecified atom stereocenters. The second-order valence-corrected chi connectivity index (χ2v) is 8.76. The number of halogens is 2. The van der Waals surface area contributed by atoms with Crippen molar-refractivity contribution in [3.05, 3.63) is 81.3 Å². The standard InChI is InChI=1S/C26H28Cl2N2O3/c1-18-5-3-4-6-20(18)17-33-26-23(28)13-19(14-25(26)31-2)16-29-21-7-8-24(22(27)15-21)30-9-11-32-12-10-30/h3-8,13-15,29H,9-12,16-17H2,1-2H3. The van der Waals surface area contributed by atoms with Gasteiger partial charge in [-0.05, 0) is 53.9 Å². The van der Waals surface area contributed by atoms with E-state index in [0.717, 1.165) is 53.8 Å². The van der Waals surface area contributed by atoms with Crippen molar-refractivity contribution in [1.82, 2.24) is 0 Å². The summed E-state index contributed by atoms with van der Waals surface area (Å²) >= 11 is 13.1. The Morgan fingerprint density at radius 1 is 1.00 bits per heavy atom. The van der Waals surface area contributed by atoms with Gasteiger partial charge in [-0.2, -0.15) is 0 Å². The Kier molecular flexibility index (Phi) is 7.86. The highest BCUT2D eigenvalue weighted by molar-refractivity contribution is 6.33. The average molecular weight is 487 g/mol. The van der Waals surface area contributed by atoms with E-state index in [4.69, 9.17) is 37.4 Å². The van der Waals surface area contributed by atoms with E-state index in [0.29, 0.717) is 29.7 Å². The highest BCUT2D eigenvalue weighted by atomic mass is 35.5. The van der Waals surface area contributed by atoms with Gasteiger partial charge < -0.3 is 24.4 Å². The smallest absolute Gasteiger partial charge is 0.180 e.